The molecule has 2 aliphatic heterocycles. The highest BCUT2D eigenvalue weighted by molar-refractivity contribution is 14.0. The molecule has 1 saturated carbocycles. The van der Waals surface area contributed by atoms with E-state index in [0.717, 1.165) is 64.7 Å². The van der Waals surface area contributed by atoms with Crippen LogP contribution in [0.2, 0.25) is 0 Å². The van der Waals surface area contributed by atoms with Crippen molar-refractivity contribution in [3.05, 3.63) is 0 Å². The molecule has 1 N–H and O–H groups in total. The highest BCUT2D eigenvalue weighted by Gasteiger charge is 2.37. The number of aliphatic imine (C=N–C) groups is 1. The van der Waals surface area contributed by atoms with Gasteiger partial charge in [0.25, 0.3) is 0 Å². The molecule has 2 heterocycles. The maximum Gasteiger partial charge on any atom is 0.193 e. The van der Waals surface area contributed by atoms with Crippen molar-refractivity contribution in [1.29, 1.82) is 0 Å². The van der Waals surface area contributed by atoms with Gasteiger partial charge in [-0.2, -0.15) is 0 Å². The lowest BCUT2D eigenvalue weighted by atomic mass is 9.67. The first-order valence-corrected chi connectivity index (χ1v) is 9.44. The van der Waals surface area contributed by atoms with E-state index in [2.05, 4.69) is 15.2 Å². The Kier molecular flexibility index (Phi) is 8.71. The van der Waals surface area contributed by atoms with Crippen LogP contribution in [0.4, 0.5) is 0 Å². The van der Waals surface area contributed by atoms with E-state index in [-0.39, 0.29) is 36.2 Å². The van der Waals surface area contributed by atoms with Crippen LogP contribution in [-0.4, -0.2) is 76.7 Å². The number of hydrogen-bond donors (Lipinski definition) is 1. The lowest BCUT2D eigenvalue weighted by molar-refractivity contribution is -0.0818. The normalized spacial score (nSPS) is 29.0. The van der Waals surface area contributed by atoms with E-state index in [0.29, 0.717) is 5.41 Å². The summed E-state index contributed by atoms with van der Waals surface area (Å²) in [6.45, 7) is 5.23. The van der Waals surface area contributed by atoms with Crippen molar-refractivity contribution in [1.82, 2.24) is 10.2 Å². The van der Waals surface area contributed by atoms with Crippen molar-refractivity contribution in [2.45, 2.75) is 50.7 Å². The van der Waals surface area contributed by atoms with Crippen molar-refractivity contribution in [2.75, 3.05) is 53.6 Å². The van der Waals surface area contributed by atoms with Crippen molar-refractivity contribution < 1.29 is 14.2 Å². The van der Waals surface area contributed by atoms with E-state index < -0.39 is 0 Å². The molecule has 0 amide bonds. The van der Waals surface area contributed by atoms with Crippen LogP contribution in [0.25, 0.3) is 0 Å². The first-order valence-electron chi connectivity index (χ1n) is 9.44. The van der Waals surface area contributed by atoms with E-state index in [4.69, 9.17) is 14.2 Å². The summed E-state index contributed by atoms with van der Waals surface area (Å²) in [6, 6.07) is 0. The van der Waals surface area contributed by atoms with E-state index in [1.54, 1.807) is 7.11 Å². The standard InChI is InChI=1S/C18H33N3O3.HI/c1-19-17(20-14-18(6-4-7-18)8-11-22-2)21-9-12-24-16(13-21)15-5-3-10-23-15;/h15-16H,3-14H2,1-2H3,(H,19,20);1H. The van der Waals surface area contributed by atoms with Gasteiger partial charge in [-0.3, -0.25) is 4.99 Å². The third-order valence-corrected chi connectivity index (χ3v) is 5.86. The van der Waals surface area contributed by atoms with Gasteiger partial charge in [0.15, 0.2) is 5.96 Å². The quantitative estimate of drug-likeness (QED) is 0.369. The molecule has 25 heavy (non-hydrogen) atoms. The fourth-order valence-corrected chi connectivity index (χ4v) is 4.10. The average Bonchev–Trinajstić information content (AvgIpc) is 3.11. The van der Waals surface area contributed by atoms with Crippen LogP contribution in [0.1, 0.15) is 38.5 Å². The Bertz CT molecular complexity index is 426. The summed E-state index contributed by atoms with van der Waals surface area (Å²) >= 11 is 0. The Hall–Kier alpha value is -0.120. The van der Waals surface area contributed by atoms with Gasteiger partial charge in [-0.1, -0.05) is 6.42 Å². The number of morpholine rings is 1. The topological polar surface area (TPSA) is 55.3 Å². The number of rotatable bonds is 6. The second kappa shape index (κ2) is 10.3. The summed E-state index contributed by atoms with van der Waals surface area (Å²) in [5, 5.41) is 3.63. The Balaban J connectivity index is 0.00000225. The second-order valence-corrected chi connectivity index (χ2v) is 7.40. The molecule has 7 heteroatoms. The van der Waals surface area contributed by atoms with Crippen LogP contribution in [0.5, 0.6) is 0 Å². The van der Waals surface area contributed by atoms with Crippen molar-refractivity contribution in [2.24, 2.45) is 10.4 Å². The molecule has 0 aromatic carbocycles. The van der Waals surface area contributed by atoms with Gasteiger partial charge in [-0.15, -0.1) is 24.0 Å². The number of nitrogens with one attached hydrogen (secondary N) is 1. The van der Waals surface area contributed by atoms with Crippen LogP contribution in [-0.2, 0) is 14.2 Å². The minimum atomic E-state index is 0. The summed E-state index contributed by atoms with van der Waals surface area (Å²) < 4.78 is 17.1. The molecule has 0 bridgehead atoms. The summed E-state index contributed by atoms with van der Waals surface area (Å²) in [6.07, 6.45) is 7.75. The van der Waals surface area contributed by atoms with Crippen LogP contribution in [0, 0.1) is 5.41 Å². The molecule has 1 aliphatic carbocycles. The van der Waals surface area contributed by atoms with Crippen LogP contribution in [0.15, 0.2) is 4.99 Å². The number of methoxy groups -OCH3 is 1. The van der Waals surface area contributed by atoms with Crippen molar-refractivity contribution in [3.8, 4) is 0 Å². The fourth-order valence-electron chi connectivity index (χ4n) is 4.10. The third-order valence-electron chi connectivity index (χ3n) is 5.86. The van der Waals surface area contributed by atoms with Gasteiger partial charge < -0.3 is 24.4 Å². The highest BCUT2D eigenvalue weighted by Crippen LogP contribution is 2.43. The van der Waals surface area contributed by atoms with E-state index in [9.17, 15) is 0 Å². The second-order valence-electron chi connectivity index (χ2n) is 7.40. The average molecular weight is 467 g/mol. The number of hydrogen-bond acceptors (Lipinski definition) is 4. The van der Waals surface area contributed by atoms with Crippen LogP contribution in [0.3, 0.4) is 0 Å². The van der Waals surface area contributed by atoms with Gasteiger partial charge >= 0.3 is 0 Å². The highest BCUT2D eigenvalue weighted by atomic mass is 127. The molecule has 3 aliphatic rings. The molecule has 3 fully saturated rings. The zero-order valence-corrected chi connectivity index (χ0v) is 18.0. The molecule has 0 radical (unpaired) electrons. The summed E-state index contributed by atoms with van der Waals surface area (Å²) in [5.41, 5.74) is 0.395. The molecule has 146 valence electrons. The van der Waals surface area contributed by atoms with Gasteiger partial charge in [0.05, 0.1) is 12.7 Å². The molecule has 2 atom stereocenters. The molecule has 0 aromatic heterocycles. The molecule has 2 saturated heterocycles. The maximum absolute atomic E-state index is 5.95. The van der Waals surface area contributed by atoms with E-state index >= 15 is 0 Å². The van der Waals surface area contributed by atoms with Crippen LogP contribution < -0.4 is 5.32 Å². The van der Waals surface area contributed by atoms with Gasteiger partial charge in [0, 0.05) is 47.0 Å². The Morgan fingerprint density at radius 3 is 2.64 bits per heavy atom. The van der Waals surface area contributed by atoms with Gasteiger partial charge in [0.2, 0.25) is 0 Å². The summed E-state index contributed by atoms with van der Waals surface area (Å²) in [7, 11) is 3.67. The number of guanidine groups is 1. The smallest absolute Gasteiger partial charge is 0.193 e. The predicted molar refractivity (Wildman–Crippen MR) is 110 cm³/mol. The van der Waals surface area contributed by atoms with Crippen molar-refractivity contribution >= 4 is 29.9 Å². The molecule has 0 spiro atoms. The summed E-state index contributed by atoms with van der Waals surface area (Å²) in [5.74, 6) is 1.00. The Morgan fingerprint density at radius 1 is 1.24 bits per heavy atom. The zero-order valence-electron chi connectivity index (χ0n) is 15.7. The summed E-state index contributed by atoms with van der Waals surface area (Å²) in [4.78, 5) is 6.85. The number of nitrogens with zero attached hydrogens (tertiary/aromatic N) is 2. The first kappa shape index (κ1) is 21.2. The molecular formula is C18H34IN3O3. The molecule has 2 unspecified atom stereocenters. The minimum Gasteiger partial charge on any atom is -0.385 e. The van der Waals surface area contributed by atoms with E-state index in [1.807, 2.05) is 7.05 Å². The SMILES string of the molecule is CN=C(NCC1(CCOC)CCC1)N1CCOC(C2CCCO2)C1.I. The first-order chi connectivity index (χ1) is 11.8. The van der Waals surface area contributed by atoms with Gasteiger partial charge in [-0.05, 0) is 37.5 Å². The Labute approximate surface area is 169 Å². The zero-order chi connectivity index (χ0) is 16.8. The third kappa shape index (κ3) is 5.43. The van der Waals surface area contributed by atoms with Gasteiger partial charge in [0.1, 0.15) is 6.10 Å². The predicted octanol–water partition coefficient (Wildman–Crippen LogP) is 2.27. The lowest BCUT2D eigenvalue weighted by Crippen LogP contribution is -2.55. The number of halogens is 1. The fraction of sp³-hybridized carbons (Fsp3) is 0.944. The lowest BCUT2D eigenvalue weighted by Gasteiger charge is -2.43. The minimum absolute atomic E-state index is 0. The van der Waals surface area contributed by atoms with E-state index in [1.165, 1.54) is 19.3 Å². The molecule has 0 aromatic rings. The monoisotopic (exact) mass is 467 g/mol. The maximum atomic E-state index is 5.95. The van der Waals surface area contributed by atoms with Crippen molar-refractivity contribution in [3.63, 3.8) is 0 Å². The Morgan fingerprint density at radius 2 is 2.04 bits per heavy atom. The molecule has 3 rings (SSSR count). The molecule has 6 nitrogen and oxygen atoms in total. The molecular weight excluding hydrogens is 433 g/mol. The largest absolute Gasteiger partial charge is 0.385 e. The van der Waals surface area contributed by atoms with Crippen LogP contribution >= 0.6 is 24.0 Å². The number of ether oxygens (including phenoxy) is 3. The van der Waals surface area contributed by atoms with Gasteiger partial charge in [-0.25, -0.2) is 0 Å².